The molecule has 3 heterocycles. The van der Waals surface area contributed by atoms with Crippen LogP contribution in [-0.2, 0) is 6.54 Å². The second-order valence-corrected chi connectivity index (χ2v) is 7.52. The van der Waals surface area contributed by atoms with E-state index in [4.69, 9.17) is 4.74 Å². The van der Waals surface area contributed by atoms with Crippen LogP contribution in [0.2, 0.25) is 0 Å². The maximum absolute atomic E-state index is 12.4. The third kappa shape index (κ3) is 5.35. The molecule has 1 saturated heterocycles. The van der Waals surface area contributed by atoms with Gasteiger partial charge in [-0.25, -0.2) is 9.97 Å². The first kappa shape index (κ1) is 19.5. The average Bonchev–Trinajstić information content (AvgIpc) is 3.21. The number of amides is 1. The van der Waals surface area contributed by atoms with Crippen LogP contribution < -0.4 is 15.0 Å². The Bertz CT molecular complexity index is 744. The first-order chi connectivity index (χ1) is 13.2. The Labute approximate surface area is 164 Å². The zero-order valence-corrected chi connectivity index (χ0v) is 16.7. The van der Waals surface area contributed by atoms with Gasteiger partial charge >= 0.3 is 0 Å². The van der Waals surface area contributed by atoms with Gasteiger partial charge in [0, 0.05) is 49.4 Å². The van der Waals surface area contributed by atoms with Crippen LogP contribution in [-0.4, -0.2) is 46.6 Å². The minimum absolute atomic E-state index is 0.143. The number of rotatable bonds is 8. The number of carbonyl (C=O) groups is 1. The summed E-state index contributed by atoms with van der Waals surface area (Å²) in [5.41, 5.74) is 1.52. The van der Waals surface area contributed by atoms with Crippen molar-refractivity contribution in [3.8, 4) is 5.88 Å². The van der Waals surface area contributed by atoms with E-state index in [1.165, 1.54) is 0 Å². The molecule has 144 valence electrons. The third-order valence-electron chi connectivity index (χ3n) is 4.52. The zero-order valence-electron chi connectivity index (χ0n) is 15.9. The van der Waals surface area contributed by atoms with Gasteiger partial charge in [0.1, 0.15) is 11.9 Å². The van der Waals surface area contributed by atoms with Crippen molar-refractivity contribution < 1.29 is 9.53 Å². The number of carbonyl (C=O) groups excluding carboxylic acids is 1. The van der Waals surface area contributed by atoms with E-state index in [1.54, 1.807) is 18.3 Å². The minimum atomic E-state index is -0.143. The molecule has 0 radical (unpaired) electrons. The molecule has 2 aromatic rings. The summed E-state index contributed by atoms with van der Waals surface area (Å²) in [6, 6.07) is 7.40. The van der Waals surface area contributed by atoms with Crippen LogP contribution >= 0.6 is 11.8 Å². The average molecular weight is 387 g/mol. The molecule has 1 fully saturated rings. The SMILES string of the molecule is CCN(CC)c1ccc(CNC(=O)c2ccnc(OC3CCSC3)c2)cn1. The predicted molar refractivity (Wildman–Crippen MR) is 110 cm³/mol. The Hall–Kier alpha value is -2.28. The fourth-order valence-electron chi connectivity index (χ4n) is 2.93. The molecule has 7 heteroatoms. The van der Waals surface area contributed by atoms with Gasteiger partial charge in [0.2, 0.25) is 5.88 Å². The van der Waals surface area contributed by atoms with Gasteiger partial charge in [-0.05, 0) is 43.7 Å². The van der Waals surface area contributed by atoms with Crippen molar-refractivity contribution >= 4 is 23.5 Å². The molecule has 0 aliphatic carbocycles. The van der Waals surface area contributed by atoms with Crippen LogP contribution in [0.5, 0.6) is 5.88 Å². The summed E-state index contributed by atoms with van der Waals surface area (Å²) in [6.07, 6.45) is 4.65. The number of anilines is 1. The lowest BCUT2D eigenvalue weighted by atomic mass is 10.2. The molecule has 0 bridgehead atoms. The van der Waals surface area contributed by atoms with Crippen molar-refractivity contribution in [2.45, 2.75) is 32.9 Å². The van der Waals surface area contributed by atoms with E-state index in [2.05, 4.69) is 34.0 Å². The molecule has 1 aliphatic heterocycles. The molecule has 3 rings (SSSR count). The summed E-state index contributed by atoms with van der Waals surface area (Å²) >= 11 is 1.88. The Kier molecular flexibility index (Phi) is 6.92. The molecule has 0 aromatic carbocycles. The van der Waals surface area contributed by atoms with Crippen molar-refractivity contribution in [1.29, 1.82) is 0 Å². The van der Waals surface area contributed by atoms with E-state index >= 15 is 0 Å². The molecule has 27 heavy (non-hydrogen) atoms. The molecule has 1 aliphatic rings. The van der Waals surface area contributed by atoms with Gasteiger partial charge in [-0.2, -0.15) is 11.8 Å². The minimum Gasteiger partial charge on any atom is -0.473 e. The highest BCUT2D eigenvalue weighted by Gasteiger charge is 2.18. The summed E-state index contributed by atoms with van der Waals surface area (Å²) < 4.78 is 5.86. The Morgan fingerprint density at radius 1 is 1.30 bits per heavy atom. The van der Waals surface area contributed by atoms with E-state index in [9.17, 15) is 4.79 Å². The maximum Gasteiger partial charge on any atom is 0.251 e. The molecular weight excluding hydrogens is 360 g/mol. The molecule has 1 N–H and O–H groups in total. The molecule has 1 amide bonds. The molecule has 0 spiro atoms. The van der Waals surface area contributed by atoms with E-state index < -0.39 is 0 Å². The van der Waals surface area contributed by atoms with Crippen molar-refractivity contribution in [3.05, 3.63) is 47.8 Å². The fourth-order valence-corrected chi connectivity index (χ4v) is 4.03. The third-order valence-corrected chi connectivity index (χ3v) is 5.65. The molecule has 0 saturated carbocycles. The Morgan fingerprint density at radius 3 is 2.81 bits per heavy atom. The highest BCUT2D eigenvalue weighted by atomic mass is 32.2. The quantitative estimate of drug-likeness (QED) is 0.752. The summed E-state index contributed by atoms with van der Waals surface area (Å²) in [6.45, 7) is 6.49. The van der Waals surface area contributed by atoms with Gasteiger partial charge in [-0.15, -0.1) is 0 Å². The van der Waals surface area contributed by atoms with Crippen LogP contribution in [0.25, 0.3) is 0 Å². The first-order valence-electron chi connectivity index (χ1n) is 9.38. The lowest BCUT2D eigenvalue weighted by Crippen LogP contribution is -2.24. The normalized spacial score (nSPS) is 16.1. The van der Waals surface area contributed by atoms with Crippen molar-refractivity contribution in [1.82, 2.24) is 15.3 Å². The summed E-state index contributed by atoms with van der Waals surface area (Å²) in [7, 11) is 0. The number of hydrogen-bond donors (Lipinski definition) is 1. The molecular formula is C20H26N4O2S. The summed E-state index contributed by atoms with van der Waals surface area (Å²) in [4.78, 5) is 23.3. The molecule has 1 unspecified atom stereocenters. The van der Waals surface area contributed by atoms with Crippen LogP contribution in [0, 0.1) is 0 Å². The van der Waals surface area contributed by atoms with E-state index in [0.717, 1.165) is 42.4 Å². The number of aromatic nitrogens is 2. The smallest absolute Gasteiger partial charge is 0.251 e. The van der Waals surface area contributed by atoms with E-state index in [-0.39, 0.29) is 12.0 Å². The zero-order chi connectivity index (χ0) is 19.1. The predicted octanol–water partition coefficient (Wildman–Crippen LogP) is 3.14. The second kappa shape index (κ2) is 9.60. The lowest BCUT2D eigenvalue weighted by Gasteiger charge is -2.19. The van der Waals surface area contributed by atoms with Crippen molar-refractivity contribution in [2.75, 3.05) is 29.5 Å². The molecule has 2 aromatic heterocycles. The number of ether oxygens (including phenoxy) is 1. The van der Waals surface area contributed by atoms with E-state index in [0.29, 0.717) is 18.0 Å². The molecule has 6 nitrogen and oxygen atoms in total. The lowest BCUT2D eigenvalue weighted by molar-refractivity contribution is 0.0950. The largest absolute Gasteiger partial charge is 0.473 e. The Balaban J connectivity index is 1.55. The Morgan fingerprint density at radius 2 is 2.15 bits per heavy atom. The number of nitrogens with one attached hydrogen (secondary N) is 1. The first-order valence-corrected chi connectivity index (χ1v) is 10.5. The van der Waals surface area contributed by atoms with Crippen LogP contribution in [0.4, 0.5) is 5.82 Å². The number of hydrogen-bond acceptors (Lipinski definition) is 6. The van der Waals surface area contributed by atoms with Gasteiger partial charge in [0.15, 0.2) is 0 Å². The molecule has 1 atom stereocenters. The van der Waals surface area contributed by atoms with Crippen molar-refractivity contribution in [3.63, 3.8) is 0 Å². The van der Waals surface area contributed by atoms with Crippen LogP contribution in [0.3, 0.4) is 0 Å². The van der Waals surface area contributed by atoms with Crippen LogP contribution in [0.15, 0.2) is 36.7 Å². The number of pyridine rings is 2. The second-order valence-electron chi connectivity index (χ2n) is 6.37. The van der Waals surface area contributed by atoms with Crippen molar-refractivity contribution in [2.24, 2.45) is 0 Å². The summed E-state index contributed by atoms with van der Waals surface area (Å²) in [5, 5.41) is 2.93. The highest BCUT2D eigenvalue weighted by molar-refractivity contribution is 7.99. The number of nitrogens with zero attached hydrogens (tertiary/aromatic N) is 3. The van der Waals surface area contributed by atoms with Crippen LogP contribution in [0.1, 0.15) is 36.2 Å². The standard InChI is InChI=1S/C20H26N4O2S/c1-3-24(4-2)18-6-5-15(12-22-18)13-23-20(25)16-7-9-21-19(11-16)26-17-8-10-27-14-17/h5-7,9,11-12,17H,3-4,8,10,13-14H2,1-2H3,(H,23,25). The van der Waals surface area contributed by atoms with E-state index in [1.807, 2.05) is 30.1 Å². The number of thioether (sulfide) groups is 1. The summed E-state index contributed by atoms with van der Waals surface area (Å²) in [5.74, 6) is 3.42. The van der Waals surface area contributed by atoms with Gasteiger partial charge in [-0.3, -0.25) is 4.79 Å². The fraction of sp³-hybridized carbons (Fsp3) is 0.450. The highest BCUT2D eigenvalue weighted by Crippen LogP contribution is 2.22. The topological polar surface area (TPSA) is 67.4 Å². The monoisotopic (exact) mass is 386 g/mol. The van der Waals surface area contributed by atoms with Gasteiger partial charge in [0.25, 0.3) is 5.91 Å². The maximum atomic E-state index is 12.4. The van der Waals surface area contributed by atoms with Gasteiger partial charge in [0.05, 0.1) is 0 Å². The van der Waals surface area contributed by atoms with Gasteiger partial charge in [-0.1, -0.05) is 6.07 Å². The van der Waals surface area contributed by atoms with Gasteiger partial charge < -0.3 is 15.0 Å².